The lowest BCUT2D eigenvalue weighted by Crippen LogP contribution is -2.62. The molecule has 1 saturated heterocycles. The molecular weight excluding hydrogens is 356 g/mol. The molecule has 0 radical (unpaired) electrons. The van der Waals surface area contributed by atoms with E-state index in [4.69, 9.17) is 4.74 Å². The second-order valence-electron chi connectivity index (χ2n) is 5.73. The topological polar surface area (TPSA) is 49.8 Å². The number of ether oxygens (including phenoxy) is 1. The van der Waals surface area contributed by atoms with Gasteiger partial charge in [0.1, 0.15) is 6.61 Å². The van der Waals surface area contributed by atoms with Gasteiger partial charge in [-0.15, -0.1) is 0 Å². The molecule has 1 N–H and O–H groups in total. The standard InChI is InChI=1S/C15H15F6NO3/c16-14(17,18)13(24,15(19,20)21)11-6-7-22(8-11)12(23)25-9-10-4-2-1-3-5-10/h1-5,11,24H,6-9H2/t11-/m1/s1. The highest BCUT2D eigenvalue weighted by molar-refractivity contribution is 5.68. The molecule has 1 atom stereocenters. The SMILES string of the molecule is O=C(OCc1ccccc1)N1CC[C@@H](C(O)(C(F)(F)F)C(F)(F)F)C1. The maximum Gasteiger partial charge on any atom is 0.426 e. The van der Waals surface area contributed by atoms with Gasteiger partial charge < -0.3 is 14.7 Å². The first kappa shape index (κ1) is 19.4. The van der Waals surface area contributed by atoms with Crippen molar-refractivity contribution in [3.05, 3.63) is 35.9 Å². The molecule has 1 aliphatic rings. The minimum absolute atomic E-state index is 0.163. The first-order chi connectivity index (χ1) is 11.5. The average molecular weight is 371 g/mol. The monoisotopic (exact) mass is 371 g/mol. The molecule has 25 heavy (non-hydrogen) atoms. The first-order valence-corrected chi connectivity index (χ1v) is 7.28. The number of hydrogen-bond donors (Lipinski definition) is 1. The highest BCUT2D eigenvalue weighted by Gasteiger charge is 2.74. The largest absolute Gasteiger partial charge is 0.445 e. The Morgan fingerprint density at radius 1 is 1.12 bits per heavy atom. The number of likely N-dealkylation sites (tertiary alicyclic amines) is 1. The zero-order valence-corrected chi connectivity index (χ0v) is 12.8. The van der Waals surface area contributed by atoms with Gasteiger partial charge in [0.15, 0.2) is 0 Å². The highest BCUT2D eigenvalue weighted by atomic mass is 19.4. The Morgan fingerprint density at radius 2 is 1.68 bits per heavy atom. The molecule has 10 heteroatoms. The summed E-state index contributed by atoms with van der Waals surface area (Å²) >= 11 is 0. The van der Waals surface area contributed by atoms with Crippen molar-refractivity contribution in [3.63, 3.8) is 0 Å². The number of aliphatic hydroxyl groups is 1. The Hall–Kier alpha value is -1.97. The van der Waals surface area contributed by atoms with Crippen molar-refractivity contribution < 1.29 is 41.0 Å². The highest BCUT2D eigenvalue weighted by Crippen LogP contribution is 2.50. The maximum atomic E-state index is 12.8. The molecule has 1 aliphatic heterocycles. The molecule has 1 aromatic carbocycles. The summed E-state index contributed by atoms with van der Waals surface area (Å²) in [5.41, 5.74) is -4.25. The van der Waals surface area contributed by atoms with Crippen molar-refractivity contribution in [1.29, 1.82) is 0 Å². The van der Waals surface area contributed by atoms with Crippen LogP contribution in [-0.2, 0) is 11.3 Å². The van der Waals surface area contributed by atoms with Gasteiger partial charge in [-0.1, -0.05) is 30.3 Å². The first-order valence-electron chi connectivity index (χ1n) is 7.28. The minimum atomic E-state index is -5.90. The second-order valence-corrected chi connectivity index (χ2v) is 5.73. The van der Waals surface area contributed by atoms with Crippen molar-refractivity contribution >= 4 is 6.09 Å². The molecule has 1 amide bonds. The fourth-order valence-electron chi connectivity index (χ4n) is 2.70. The molecule has 0 spiro atoms. The Bertz CT molecular complexity index is 588. The summed E-state index contributed by atoms with van der Waals surface area (Å²) in [5, 5.41) is 9.36. The maximum absolute atomic E-state index is 12.8. The summed E-state index contributed by atoms with van der Waals surface area (Å²) in [6.45, 7) is -1.43. The van der Waals surface area contributed by atoms with Crippen molar-refractivity contribution in [2.75, 3.05) is 13.1 Å². The fraction of sp³-hybridized carbons (Fsp3) is 0.533. The van der Waals surface area contributed by atoms with Gasteiger partial charge in [0.05, 0.1) is 0 Å². The van der Waals surface area contributed by atoms with Crippen LogP contribution in [0.15, 0.2) is 30.3 Å². The van der Waals surface area contributed by atoms with Crippen LogP contribution < -0.4 is 0 Å². The van der Waals surface area contributed by atoms with E-state index in [-0.39, 0.29) is 13.2 Å². The molecule has 2 rings (SSSR count). The van der Waals surface area contributed by atoms with Gasteiger partial charge in [-0.3, -0.25) is 0 Å². The molecule has 1 heterocycles. The van der Waals surface area contributed by atoms with Gasteiger partial charge >= 0.3 is 18.4 Å². The Balaban J connectivity index is 2.03. The smallest absolute Gasteiger partial charge is 0.426 e. The molecule has 4 nitrogen and oxygen atoms in total. The van der Waals surface area contributed by atoms with Crippen molar-refractivity contribution in [1.82, 2.24) is 4.90 Å². The Kier molecular flexibility index (Phi) is 5.22. The van der Waals surface area contributed by atoms with Crippen LogP contribution in [0.25, 0.3) is 0 Å². The number of halogens is 6. The number of hydrogen-bond acceptors (Lipinski definition) is 3. The van der Waals surface area contributed by atoms with E-state index in [1.807, 2.05) is 0 Å². The predicted molar refractivity (Wildman–Crippen MR) is 73.4 cm³/mol. The lowest BCUT2D eigenvalue weighted by Gasteiger charge is -2.36. The fourth-order valence-corrected chi connectivity index (χ4v) is 2.70. The third-order valence-electron chi connectivity index (χ3n) is 4.11. The van der Waals surface area contributed by atoms with Crippen LogP contribution in [-0.4, -0.2) is 47.1 Å². The summed E-state index contributed by atoms with van der Waals surface area (Å²) in [5.74, 6) is -2.21. The number of rotatable bonds is 3. The van der Waals surface area contributed by atoms with E-state index < -0.39 is 42.9 Å². The summed E-state index contributed by atoms with van der Waals surface area (Å²) in [7, 11) is 0. The third kappa shape index (κ3) is 3.83. The van der Waals surface area contributed by atoms with Crippen molar-refractivity contribution in [2.24, 2.45) is 5.92 Å². The quantitative estimate of drug-likeness (QED) is 0.828. The summed E-state index contributed by atoms with van der Waals surface area (Å²) in [6, 6.07) is 8.38. The van der Waals surface area contributed by atoms with Gasteiger partial charge in [-0.2, -0.15) is 26.3 Å². The van der Waals surface area contributed by atoms with Crippen LogP contribution in [0.5, 0.6) is 0 Å². The van der Waals surface area contributed by atoms with E-state index in [0.29, 0.717) is 5.56 Å². The lowest BCUT2D eigenvalue weighted by molar-refractivity contribution is -0.383. The number of benzene rings is 1. The van der Waals surface area contributed by atoms with Crippen LogP contribution in [0.1, 0.15) is 12.0 Å². The molecular formula is C15H15F6NO3. The van der Waals surface area contributed by atoms with Crippen LogP contribution in [0, 0.1) is 5.92 Å². The van der Waals surface area contributed by atoms with Gasteiger partial charge in [0, 0.05) is 19.0 Å². The summed E-state index contributed by atoms with van der Waals surface area (Å²) < 4.78 is 82.0. The molecule has 0 bridgehead atoms. The number of alkyl halides is 6. The zero-order chi connectivity index (χ0) is 18.9. The van der Waals surface area contributed by atoms with Crippen LogP contribution in [0.4, 0.5) is 31.1 Å². The number of nitrogens with zero attached hydrogens (tertiary/aromatic N) is 1. The van der Waals surface area contributed by atoms with Gasteiger partial charge in [-0.25, -0.2) is 4.79 Å². The van der Waals surface area contributed by atoms with E-state index in [0.717, 1.165) is 4.90 Å². The molecule has 1 aromatic rings. The average Bonchev–Trinajstić information content (AvgIpc) is 3.00. The molecule has 0 aromatic heterocycles. The van der Waals surface area contributed by atoms with Crippen molar-refractivity contribution in [3.8, 4) is 0 Å². The Morgan fingerprint density at radius 3 is 2.20 bits per heavy atom. The number of amides is 1. The van der Waals surface area contributed by atoms with E-state index in [1.165, 1.54) is 0 Å². The number of carbonyl (C=O) groups excluding carboxylic acids is 1. The van der Waals surface area contributed by atoms with Gasteiger partial charge in [-0.05, 0) is 12.0 Å². The summed E-state index contributed by atoms with van der Waals surface area (Å²) in [4.78, 5) is 12.6. The van der Waals surface area contributed by atoms with Gasteiger partial charge in [0.25, 0.3) is 5.60 Å². The van der Waals surface area contributed by atoms with Crippen LogP contribution >= 0.6 is 0 Å². The molecule has 0 unspecified atom stereocenters. The molecule has 0 aliphatic carbocycles. The third-order valence-corrected chi connectivity index (χ3v) is 4.11. The van der Waals surface area contributed by atoms with E-state index >= 15 is 0 Å². The van der Waals surface area contributed by atoms with E-state index in [1.54, 1.807) is 30.3 Å². The minimum Gasteiger partial charge on any atom is -0.445 e. The molecule has 0 saturated carbocycles. The van der Waals surface area contributed by atoms with Gasteiger partial charge in [0.2, 0.25) is 0 Å². The number of carbonyl (C=O) groups is 1. The lowest BCUT2D eigenvalue weighted by atomic mass is 9.85. The normalized spacial score (nSPS) is 19.2. The summed E-state index contributed by atoms with van der Waals surface area (Å²) in [6.07, 6.45) is -13.5. The zero-order valence-electron chi connectivity index (χ0n) is 12.8. The molecule has 140 valence electrons. The second kappa shape index (κ2) is 6.74. The van der Waals surface area contributed by atoms with Crippen LogP contribution in [0.3, 0.4) is 0 Å². The van der Waals surface area contributed by atoms with E-state index in [2.05, 4.69) is 0 Å². The van der Waals surface area contributed by atoms with E-state index in [9.17, 15) is 36.2 Å². The predicted octanol–water partition coefficient (Wildman–Crippen LogP) is 3.50. The molecule has 1 fully saturated rings. The van der Waals surface area contributed by atoms with Crippen molar-refractivity contribution in [2.45, 2.75) is 31.0 Å². The van der Waals surface area contributed by atoms with Crippen LogP contribution in [0.2, 0.25) is 0 Å². The Labute approximate surface area is 139 Å².